The lowest BCUT2D eigenvalue weighted by atomic mass is 9.97. The van der Waals surface area contributed by atoms with Crippen molar-refractivity contribution in [1.29, 1.82) is 0 Å². The zero-order valence-electron chi connectivity index (χ0n) is 9.83. The Morgan fingerprint density at radius 2 is 1.67 bits per heavy atom. The van der Waals surface area contributed by atoms with Gasteiger partial charge < -0.3 is 5.11 Å². The first kappa shape index (κ1) is 12.0. The van der Waals surface area contributed by atoms with Gasteiger partial charge >= 0.3 is 0 Å². The molecule has 0 unspecified atom stereocenters. The van der Waals surface area contributed by atoms with E-state index in [0.717, 1.165) is 5.56 Å². The number of hydrogen-bond donors (Lipinski definition) is 1. The van der Waals surface area contributed by atoms with Crippen molar-refractivity contribution in [1.82, 2.24) is 0 Å². The molecule has 0 aliphatic carbocycles. The van der Waals surface area contributed by atoms with Crippen molar-refractivity contribution in [2.24, 2.45) is 0 Å². The van der Waals surface area contributed by atoms with E-state index in [1.807, 2.05) is 30.3 Å². The van der Waals surface area contributed by atoms with Crippen molar-refractivity contribution in [3.8, 4) is 11.5 Å². The van der Waals surface area contributed by atoms with E-state index in [4.69, 9.17) is 0 Å². The summed E-state index contributed by atoms with van der Waals surface area (Å²) >= 11 is 0. The van der Waals surface area contributed by atoms with Crippen LogP contribution in [0, 0.1) is 11.5 Å². The van der Waals surface area contributed by atoms with Crippen molar-refractivity contribution < 1.29 is 5.11 Å². The van der Waals surface area contributed by atoms with Crippen LogP contribution in [0.3, 0.4) is 0 Å². The lowest BCUT2D eigenvalue weighted by Gasteiger charge is -2.17. The van der Waals surface area contributed by atoms with E-state index in [2.05, 4.69) is 31.1 Å². The average molecular weight is 218 g/mol. The summed E-state index contributed by atoms with van der Waals surface area (Å²) in [4.78, 5) is 0. The number of hydrogen-bond acceptors (Lipinski definition) is 1. The molecule has 0 radical (unpaired) electrons. The van der Waals surface area contributed by atoms with E-state index in [-0.39, 0.29) is 0 Å². The maximum absolute atomic E-state index is 10.2. The second kappa shape index (κ2) is 4.22. The van der Waals surface area contributed by atoms with Gasteiger partial charge in [-0.05, 0) is 12.5 Å². The Hall–Kier alpha value is -1.04. The molecule has 1 atom stereocenters. The molecule has 1 nitrogen and oxygen atoms in total. The molecule has 0 saturated heterocycles. The van der Waals surface area contributed by atoms with Crippen molar-refractivity contribution in [2.45, 2.75) is 32.2 Å². The Bertz CT molecular complexity index is 376. The van der Waals surface area contributed by atoms with E-state index in [0.29, 0.717) is 0 Å². The number of rotatable bonds is 1. The van der Waals surface area contributed by atoms with Crippen LogP contribution in [0.25, 0.3) is 0 Å². The maximum Gasteiger partial charge on any atom is 0.147 e. The van der Waals surface area contributed by atoms with Gasteiger partial charge in [-0.25, -0.2) is 0 Å². The molecule has 0 amide bonds. The van der Waals surface area contributed by atoms with E-state index < -0.39 is 13.7 Å². The van der Waals surface area contributed by atoms with Crippen LogP contribution in [0.15, 0.2) is 30.3 Å². The molecule has 1 N–H and O–H groups in total. The van der Waals surface area contributed by atoms with Crippen LogP contribution in [0.5, 0.6) is 0 Å². The average Bonchev–Trinajstić information content (AvgIpc) is 2.16. The minimum Gasteiger partial charge on any atom is -0.374 e. The third kappa shape index (κ3) is 3.91. The van der Waals surface area contributed by atoms with Crippen molar-refractivity contribution in [2.75, 3.05) is 0 Å². The van der Waals surface area contributed by atoms with Crippen LogP contribution in [-0.2, 0) is 5.60 Å². The molecule has 0 aliphatic heterocycles. The van der Waals surface area contributed by atoms with Gasteiger partial charge in [0.05, 0.1) is 0 Å². The Morgan fingerprint density at radius 1 is 1.13 bits per heavy atom. The standard InChI is InChI=1S/C13H18OSi/c1-13(14,10-11-15(2,3)4)12-8-6-5-7-9-12/h5-9,14H,1-4H3/t13-/m1/s1. The quantitative estimate of drug-likeness (QED) is 0.567. The fourth-order valence-corrected chi connectivity index (χ4v) is 1.76. The fourth-order valence-electron chi connectivity index (χ4n) is 1.14. The van der Waals surface area contributed by atoms with Gasteiger partial charge in [-0.2, -0.15) is 0 Å². The molecule has 80 valence electrons. The normalized spacial score (nSPS) is 15.0. The fraction of sp³-hybridized carbons (Fsp3) is 0.385. The third-order valence-corrected chi connectivity index (χ3v) is 2.89. The smallest absolute Gasteiger partial charge is 0.147 e. The summed E-state index contributed by atoms with van der Waals surface area (Å²) in [6.07, 6.45) is 0. The molecule has 0 saturated carbocycles. The van der Waals surface area contributed by atoms with Crippen LogP contribution >= 0.6 is 0 Å². The monoisotopic (exact) mass is 218 g/mol. The van der Waals surface area contributed by atoms with Gasteiger partial charge in [-0.15, -0.1) is 5.54 Å². The highest BCUT2D eigenvalue weighted by Crippen LogP contribution is 2.19. The zero-order valence-corrected chi connectivity index (χ0v) is 10.8. The van der Waals surface area contributed by atoms with Gasteiger partial charge in [0.1, 0.15) is 13.7 Å². The predicted molar refractivity (Wildman–Crippen MR) is 67.1 cm³/mol. The van der Waals surface area contributed by atoms with Gasteiger partial charge in [-0.3, -0.25) is 0 Å². The largest absolute Gasteiger partial charge is 0.374 e. The summed E-state index contributed by atoms with van der Waals surface area (Å²) in [6.45, 7) is 8.25. The lowest BCUT2D eigenvalue weighted by Crippen LogP contribution is -2.22. The Balaban J connectivity index is 2.98. The molecule has 0 aromatic heterocycles. The number of benzene rings is 1. The van der Waals surface area contributed by atoms with Crippen LogP contribution < -0.4 is 0 Å². The molecule has 2 heteroatoms. The van der Waals surface area contributed by atoms with Crippen LogP contribution in [0.2, 0.25) is 19.6 Å². The highest BCUT2D eigenvalue weighted by atomic mass is 28.3. The second-order valence-corrected chi connectivity index (χ2v) is 9.69. The lowest BCUT2D eigenvalue weighted by molar-refractivity contribution is 0.122. The predicted octanol–water partition coefficient (Wildman–Crippen LogP) is 2.77. The van der Waals surface area contributed by atoms with E-state index in [9.17, 15) is 5.11 Å². The SMILES string of the molecule is C[C@@](O)(C#C[Si](C)(C)C)c1ccccc1. The van der Waals surface area contributed by atoms with Crippen LogP contribution in [0.1, 0.15) is 12.5 Å². The van der Waals surface area contributed by atoms with Crippen LogP contribution in [-0.4, -0.2) is 13.2 Å². The van der Waals surface area contributed by atoms with Gasteiger partial charge in [0.2, 0.25) is 0 Å². The van der Waals surface area contributed by atoms with E-state index in [1.54, 1.807) is 6.92 Å². The van der Waals surface area contributed by atoms with Gasteiger partial charge in [0.25, 0.3) is 0 Å². The summed E-state index contributed by atoms with van der Waals surface area (Å²) < 4.78 is 0. The van der Waals surface area contributed by atoms with Crippen LogP contribution in [0.4, 0.5) is 0 Å². The van der Waals surface area contributed by atoms with Gasteiger partial charge in [0, 0.05) is 0 Å². The summed E-state index contributed by atoms with van der Waals surface area (Å²) in [6, 6.07) is 9.57. The van der Waals surface area contributed by atoms with Gasteiger partial charge in [0.15, 0.2) is 0 Å². The minimum atomic E-state index is -1.42. The first-order valence-electron chi connectivity index (χ1n) is 5.13. The molecule has 0 fully saturated rings. The van der Waals surface area contributed by atoms with E-state index >= 15 is 0 Å². The third-order valence-electron chi connectivity index (χ3n) is 2.02. The second-order valence-electron chi connectivity index (χ2n) is 4.94. The summed E-state index contributed by atoms with van der Waals surface area (Å²) in [7, 11) is -1.42. The van der Waals surface area contributed by atoms with Gasteiger partial charge in [-0.1, -0.05) is 55.9 Å². The molecule has 1 aromatic carbocycles. The topological polar surface area (TPSA) is 20.2 Å². The molecule has 1 rings (SSSR count). The molecular formula is C13H18OSi. The molecule has 0 heterocycles. The summed E-state index contributed by atoms with van der Waals surface area (Å²) in [5.41, 5.74) is 3.03. The van der Waals surface area contributed by atoms with E-state index in [1.165, 1.54) is 0 Å². The Kier molecular flexibility index (Phi) is 3.38. The molecule has 1 aromatic rings. The van der Waals surface area contributed by atoms with Crippen molar-refractivity contribution in [3.05, 3.63) is 35.9 Å². The summed E-state index contributed by atoms with van der Waals surface area (Å²) in [5, 5.41) is 10.2. The molecule has 15 heavy (non-hydrogen) atoms. The summed E-state index contributed by atoms with van der Waals surface area (Å²) in [5.74, 6) is 2.98. The van der Waals surface area contributed by atoms with Crippen molar-refractivity contribution >= 4 is 8.07 Å². The maximum atomic E-state index is 10.2. The zero-order chi connectivity index (χ0) is 11.5. The van der Waals surface area contributed by atoms with Crippen molar-refractivity contribution in [3.63, 3.8) is 0 Å². The minimum absolute atomic E-state index is 0.857. The Morgan fingerprint density at radius 3 is 2.13 bits per heavy atom. The molecule has 0 spiro atoms. The first-order chi connectivity index (χ1) is 6.81. The Labute approximate surface area is 93.2 Å². The first-order valence-corrected chi connectivity index (χ1v) is 8.63. The molecule has 0 bridgehead atoms. The molecule has 0 aliphatic rings. The highest BCUT2D eigenvalue weighted by Gasteiger charge is 2.20. The molecular weight excluding hydrogens is 200 g/mol. The number of aliphatic hydroxyl groups is 1. The highest BCUT2D eigenvalue weighted by molar-refractivity contribution is 6.83.